The van der Waals surface area contributed by atoms with Gasteiger partial charge in [-0.25, -0.2) is 0 Å². The molecule has 2 aromatic rings. The summed E-state index contributed by atoms with van der Waals surface area (Å²) in [4.78, 5) is 23.2. The van der Waals surface area contributed by atoms with Gasteiger partial charge < -0.3 is 9.47 Å². The zero-order valence-electron chi connectivity index (χ0n) is 13.0. The van der Waals surface area contributed by atoms with Crippen LogP contribution in [0.1, 0.15) is 5.56 Å². The molecule has 126 valence electrons. The van der Waals surface area contributed by atoms with Crippen molar-refractivity contribution in [2.75, 3.05) is 13.2 Å². The highest BCUT2D eigenvalue weighted by Gasteiger charge is 2.06. The van der Waals surface area contributed by atoms with Crippen LogP contribution in [0.2, 0.25) is 0 Å². The topological polar surface area (TPSA) is 76.7 Å². The van der Waals surface area contributed by atoms with Crippen LogP contribution in [0.25, 0.3) is 0 Å². The molecule has 0 spiro atoms. The number of carbonyl (C=O) groups excluding carboxylic acids is 2. The van der Waals surface area contributed by atoms with Crippen LogP contribution in [-0.2, 0) is 9.59 Å². The molecule has 2 N–H and O–H groups in total. The van der Waals surface area contributed by atoms with E-state index in [2.05, 4.69) is 26.8 Å². The lowest BCUT2D eigenvalue weighted by molar-refractivity contribution is -0.131. The minimum atomic E-state index is -0.471. The number of hydrazine groups is 1. The summed E-state index contributed by atoms with van der Waals surface area (Å²) in [7, 11) is 0. The van der Waals surface area contributed by atoms with Crippen molar-refractivity contribution in [3.05, 3.63) is 58.6 Å². The van der Waals surface area contributed by atoms with Crippen LogP contribution in [0.3, 0.4) is 0 Å². The molecule has 0 atom stereocenters. The molecule has 0 radical (unpaired) electrons. The summed E-state index contributed by atoms with van der Waals surface area (Å²) >= 11 is 3.31. The number of aryl methyl sites for hydroxylation is 1. The molecule has 0 unspecified atom stereocenters. The average Bonchev–Trinajstić information content (AvgIpc) is 2.59. The van der Waals surface area contributed by atoms with Gasteiger partial charge in [0.25, 0.3) is 11.8 Å². The Bertz CT molecular complexity index is 625. The Morgan fingerprint density at radius 2 is 1.25 bits per heavy atom. The number of hydrogen-bond acceptors (Lipinski definition) is 4. The summed E-state index contributed by atoms with van der Waals surface area (Å²) in [5.74, 6) is 0.206. The molecule has 2 rings (SSSR count). The fourth-order valence-electron chi connectivity index (χ4n) is 1.67. The van der Waals surface area contributed by atoms with Crippen molar-refractivity contribution < 1.29 is 19.1 Å². The van der Waals surface area contributed by atoms with Gasteiger partial charge in [0.1, 0.15) is 11.5 Å². The predicted molar refractivity (Wildman–Crippen MR) is 92.6 cm³/mol. The van der Waals surface area contributed by atoms with Crippen LogP contribution in [0.4, 0.5) is 0 Å². The third-order valence-electron chi connectivity index (χ3n) is 2.92. The molecule has 24 heavy (non-hydrogen) atoms. The molecule has 0 fully saturated rings. The third-order valence-corrected chi connectivity index (χ3v) is 3.44. The second kappa shape index (κ2) is 8.93. The lowest BCUT2D eigenvalue weighted by atomic mass is 10.2. The van der Waals surface area contributed by atoms with Gasteiger partial charge in [-0.15, -0.1) is 0 Å². The van der Waals surface area contributed by atoms with Crippen molar-refractivity contribution in [1.29, 1.82) is 0 Å². The second-order valence-electron chi connectivity index (χ2n) is 4.94. The molecule has 6 nitrogen and oxygen atoms in total. The number of rotatable bonds is 6. The summed E-state index contributed by atoms with van der Waals surface area (Å²) in [6.07, 6.45) is 0. The van der Waals surface area contributed by atoms with Crippen LogP contribution < -0.4 is 20.3 Å². The van der Waals surface area contributed by atoms with E-state index in [4.69, 9.17) is 9.47 Å². The van der Waals surface area contributed by atoms with E-state index in [1.807, 2.05) is 19.1 Å². The van der Waals surface area contributed by atoms with Gasteiger partial charge in [-0.3, -0.25) is 20.4 Å². The van der Waals surface area contributed by atoms with Crippen molar-refractivity contribution in [3.63, 3.8) is 0 Å². The number of carbonyl (C=O) groups is 2. The van der Waals surface area contributed by atoms with Gasteiger partial charge in [-0.1, -0.05) is 33.6 Å². The zero-order valence-corrected chi connectivity index (χ0v) is 14.6. The van der Waals surface area contributed by atoms with Crippen LogP contribution in [-0.4, -0.2) is 25.0 Å². The van der Waals surface area contributed by atoms with E-state index < -0.39 is 11.8 Å². The first kappa shape index (κ1) is 17.8. The average molecular weight is 393 g/mol. The highest BCUT2D eigenvalue weighted by atomic mass is 79.9. The van der Waals surface area contributed by atoms with Crippen LogP contribution in [0.15, 0.2) is 53.0 Å². The predicted octanol–water partition coefficient (Wildman–Crippen LogP) is 2.36. The van der Waals surface area contributed by atoms with Crippen LogP contribution in [0.5, 0.6) is 11.5 Å². The molecule has 0 aromatic heterocycles. The van der Waals surface area contributed by atoms with Crippen molar-refractivity contribution >= 4 is 27.7 Å². The van der Waals surface area contributed by atoms with Crippen LogP contribution >= 0.6 is 15.9 Å². The molecule has 0 saturated carbocycles. The fourth-order valence-corrected chi connectivity index (χ4v) is 1.94. The van der Waals surface area contributed by atoms with E-state index in [1.165, 1.54) is 0 Å². The molecular formula is C17H17BrN2O4. The van der Waals surface area contributed by atoms with Gasteiger partial charge >= 0.3 is 0 Å². The maximum absolute atomic E-state index is 11.6. The number of hydrogen-bond donors (Lipinski definition) is 2. The molecule has 2 aromatic carbocycles. The Kier molecular flexibility index (Phi) is 6.62. The number of halogens is 1. The van der Waals surface area contributed by atoms with E-state index in [9.17, 15) is 9.59 Å². The van der Waals surface area contributed by atoms with E-state index >= 15 is 0 Å². The fraction of sp³-hybridized carbons (Fsp3) is 0.176. The first-order valence-corrected chi connectivity index (χ1v) is 7.98. The summed E-state index contributed by atoms with van der Waals surface area (Å²) in [5, 5.41) is 0. The molecule has 0 aliphatic carbocycles. The highest BCUT2D eigenvalue weighted by Crippen LogP contribution is 2.15. The van der Waals surface area contributed by atoms with Gasteiger partial charge in [0, 0.05) is 4.47 Å². The smallest absolute Gasteiger partial charge is 0.276 e. The van der Waals surface area contributed by atoms with Crippen molar-refractivity contribution in [3.8, 4) is 11.5 Å². The number of nitrogens with one attached hydrogen (secondary N) is 2. The second-order valence-corrected chi connectivity index (χ2v) is 5.86. The minimum absolute atomic E-state index is 0.198. The monoisotopic (exact) mass is 392 g/mol. The van der Waals surface area contributed by atoms with Gasteiger partial charge in [0.05, 0.1) is 0 Å². The largest absolute Gasteiger partial charge is 0.484 e. The van der Waals surface area contributed by atoms with Crippen LogP contribution in [0, 0.1) is 6.92 Å². The molecule has 7 heteroatoms. The summed E-state index contributed by atoms with van der Waals surface area (Å²) in [6, 6.07) is 14.4. The molecule has 0 bridgehead atoms. The molecular weight excluding hydrogens is 376 g/mol. The number of ether oxygens (including phenoxy) is 2. The molecule has 0 heterocycles. The quantitative estimate of drug-likeness (QED) is 0.739. The Morgan fingerprint density at radius 1 is 0.833 bits per heavy atom. The summed E-state index contributed by atoms with van der Waals surface area (Å²) < 4.78 is 11.5. The number of amides is 2. The van der Waals surface area contributed by atoms with Gasteiger partial charge in [0.15, 0.2) is 13.2 Å². The summed E-state index contributed by atoms with van der Waals surface area (Å²) in [6.45, 7) is 1.56. The Labute approximate surface area is 148 Å². The SMILES string of the molecule is Cc1ccc(OCC(=O)NNC(=O)COc2ccc(Br)cc2)cc1. The number of benzene rings is 2. The first-order valence-electron chi connectivity index (χ1n) is 7.18. The van der Waals surface area contributed by atoms with Crippen molar-refractivity contribution in [2.45, 2.75) is 6.92 Å². The molecule has 0 saturated heterocycles. The van der Waals surface area contributed by atoms with E-state index in [0.29, 0.717) is 11.5 Å². The third kappa shape index (κ3) is 6.29. The van der Waals surface area contributed by atoms with E-state index in [1.54, 1.807) is 36.4 Å². The van der Waals surface area contributed by atoms with Crippen molar-refractivity contribution in [1.82, 2.24) is 10.9 Å². The van der Waals surface area contributed by atoms with E-state index in [0.717, 1.165) is 10.0 Å². The Balaban J connectivity index is 1.64. The van der Waals surface area contributed by atoms with Gasteiger partial charge in [-0.05, 0) is 43.3 Å². The molecule has 0 aliphatic rings. The zero-order chi connectivity index (χ0) is 17.4. The van der Waals surface area contributed by atoms with Crippen molar-refractivity contribution in [2.24, 2.45) is 0 Å². The molecule has 0 aliphatic heterocycles. The normalized spacial score (nSPS) is 9.92. The highest BCUT2D eigenvalue weighted by molar-refractivity contribution is 9.10. The Morgan fingerprint density at radius 3 is 1.71 bits per heavy atom. The standard InChI is InChI=1S/C17H17BrN2O4/c1-12-2-6-14(7-3-12)23-10-16(21)19-20-17(22)11-24-15-8-4-13(18)5-9-15/h2-9H,10-11H2,1H3,(H,19,21)(H,20,22). The maximum Gasteiger partial charge on any atom is 0.276 e. The maximum atomic E-state index is 11.6. The van der Waals surface area contributed by atoms with Gasteiger partial charge in [-0.2, -0.15) is 0 Å². The molecule has 2 amide bonds. The van der Waals surface area contributed by atoms with Gasteiger partial charge in [0.2, 0.25) is 0 Å². The minimum Gasteiger partial charge on any atom is -0.484 e. The Hall–Kier alpha value is -2.54. The lowest BCUT2D eigenvalue weighted by Gasteiger charge is -2.10. The van der Waals surface area contributed by atoms with E-state index in [-0.39, 0.29) is 13.2 Å². The summed E-state index contributed by atoms with van der Waals surface area (Å²) in [5.41, 5.74) is 5.62. The first-order chi connectivity index (χ1) is 11.5. The lowest BCUT2D eigenvalue weighted by Crippen LogP contribution is -2.45.